The van der Waals surface area contributed by atoms with Gasteiger partial charge in [0, 0.05) is 48.4 Å². The van der Waals surface area contributed by atoms with Crippen LogP contribution in [0.1, 0.15) is 30.1 Å². The highest BCUT2D eigenvalue weighted by Gasteiger charge is 2.27. The Balaban J connectivity index is 1.36. The zero-order chi connectivity index (χ0) is 24.6. The molecule has 0 saturated carbocycles. The molecule has 3 aromatic heterocycles. The Morgan fingerprint density at radius 1 is 1.08 bits per heavy atom. The molecule has 2 aromatic carbocycles. The number of hydrogen-bond acceptors (Lipinski definition) is 6. The summed E-state index contributed by atoms with van der Waals surface area (Å²) in [5.74, 6) is 1.97. The highest BCUT2D eigenvalue weighted by molar-refractivity contribution is 6.30. The minimum Gasteiger partial charge on any atom is -0.370 e. The third-order valence-electron chi connectivity index (χ3n) is 6.85. The molecule has 8 nitrogen and oxygen atoms in total. The summed E-state index contributed by atoms with van der Waals surface area (Å²) in [6.07, 6.45) is 7.45. The first-order valence-electron chi connectivity index (χ1n) is 11.8. The van der Waals surface area contributed by atoms with E-state index >= 15 is 0 Å². The number of nitrogens with zero attached hydrogens (tertiary/aromatic N) is 8. The van der Waals surface area contributed by atoms with Crippen molar-refractivity contribution in [1.82, 2.24) is 29.1 Å². The summed E-state index contributed by atoms with van der Waals surface area (Å²) in [7, 11) is 1.99. The maximum absolute atomic E-state index is 9.96. The van der Waals surface area contributed by atoms with Gasteiger partial charge in [-0.1, -0.05) is 35.9 Å². The summed E-state index contributed by atoms with van der Waals surface area (Å²) >= 11 is 6.18. The molecule has 5 aromatic rings. The molecule has 0 atom stereocenters. The number of hydrogen-bond donors (Lipinski definition) is 0. The van der Waals surface area contributed by atoms with Crippen LogP contribution in [0.2, 0.25) is 5.02 Å². The second-order valence-corrected chi connectivity index (χ2v) is 9.45. The first kappa shape index (κ1) is 22.3. The Morgan fingerprint density at radius 3 is 2.67 bits per heavy atom. The molecule has 0 unspecified atom stereocenters. The zero-order valence-electron chi connectivity index (χ0n) is 19.7. The lowest BCUT2D eigenvalue weighted by atomic mass is 9.94. The molecule has 9 heteroatoms. The summed E-state index contributed by atoms with van der Waals surface area (Å²) in [4.78, 5) is 11.7. The number of piperidine rings is 1. The lowest BCUT2D eigenvalue weighted by molar-refractivity contribution is 0.474. The normalized spacial score (nSPS) is 14.3. The van der Waals surface area contributed by atoms with Crippen molar-refractivity contribution in [1.29, 1.82) is 5.26 Å². The number of nitriles is 1. The maximum atomic E-state index is 9.96. The lowest BCUT2D eigenvalue weighted by Gasteiger charge is -2.34. The number of aryl methyl sites for hydroxylation is 1. The molecule has 0 bridgehead atoms. The van der Waals surface area contributed by atoms with Crippen LogP contribution in [0, 0.1) is 11.3 Å². The fraction of sp³-hybridized carbons (Fsp3) is 0.222. The number of anilines is 1. The predicted octanol–water partition coefficient (Wildman–Crippen LogP) is 5.10. The first-order chi connectivity index (χ1) is 17.6. The molecule has 1 aliphatic rings. The minimum atomic E-state index is 0.358. The van der Waals surface area contributed by atoms with E-state index < -0.39 is 0 Å². The lowest BCUT2D eigenvalue weighted by Crippen LogP contribution is -2.34. The summed E-state index contributed by atoms with van der Waals surface area (Å²) in [5, 5.41) is 19.0. The van der Waals surface area contributed by atoms with Crippen molar-refractivity contribution in [2.75, 3.05) is 18.0 Å². The van der Waals surface area contributed by atoms with Gasteiger partial charge in [-0.3, -0.25) is 4.40 Å². The molecule has 6 rings (SSSR count). The Labute approximate surface area is 213 Å². The SMILES string of the molecule is Cn1cnnc1C1CCN(c2c(C#N)cccc2-c2cnc3nc(-c4cccc(Cl)c4)ccn23)CC1. The summed E-state index contributed by atoms with van der Waals surface area (Å²) < 4.78 is 3.97. The van der Waals surface area contributed by atoms with Crippen molar-refractivity contribution in [2.24, 2.45) is 7.05 Å². The third-order valence-corrected chi connectivity index (χ3v) is 7.09. The first-order valence-corrected chi connectivity index (χ1v) is 12.2. The number of rotatable bonds is 4. The Morgan fingerprint density at radius 2 is 1.92 bits per heavy atom. The molecular formula is C27H23ClN8. The molecule has 0 aliphatic carbocycles. The van der Waals surface area contributed by atoms with Crippen molar-refractivity contribution in [2.45, 2.75) is 18.8 Å². The molecule has 4 heterocycles. The topological polar surface area (TPSA) is 87.9 Å². The molecule has 0 spiro atoms. The van der Waals surface area contributed by atoms with Gasteiger partial charge >= 0.3 is 0 Å². The van der Waals surface area contributed by atoms with Crippen molar-refractivity contribution >= 4 is 23.1 Å². The van der Waals surface area contributed by atoms with E-state index in [-0.39, 0.29) is 0 Å². The number of fused-ring (bicyclic) bond motifs is 1. The molecule has 36 heavy (non-hydrogen) atoms. The van der Waals surface area contributed by atoms with Gasteiger partial charge in [-0.05, 0) is 37.1 Å². The van der Waals surface area contributed by atoms with Gasteiger partial charge in [0.05, 0.1) is 28.8 Å². The zero-order valence-corrected chi connectivity index (χ0v) is 20.5. The second kappa shape index (κ2) is 9.10. The van der Waals surface area contributed by atoms with E-state index in [4.69, 9.17) is 16.6 Å². The van der Waals surface area contributed by atoms with Gasteiger partial charge in [-0.25, -0.2) is 9.97 Å². The quantitative estimate of drug-likeness (QED) is 0.345. The van der Waals surface area contributed by atoms with Gasteiger partial charge in [0.1, 0.15) is 18.2 Å². The van der Waals surface area contributed by atoms with Crippen LogP contribution in [0.5, 0.6) is 0 Å². The van der Waals surface area contributed by atoms with E-state index in [1.807, 2.05) is 70.9 Å². The Kier molecular flexibility index (Phi) is 5.62. The second-order valence-electron chi connectivity index (χ2n) is 9.01. The number of halogens is 1. The summed E-state index contributed by atoms with van der Waals surface area (Å²) in [5.41, 5.74) is 5.21. The highest BCUT2D eigenvalue weighted by atomic mass is 35.5. The monoisotopic (exact) mass is 494 g/mol. The molecule has 1 aliphatic heterocycles. The summed E-state index contributed by atoms with van der Waals surface area (Å²) in [6, 6.07) is 17.9. The largest absolute Gasteiger partial charge is 0.370 e. The standard InChI is InChI=1S/C27H23ClN8/c1-34-17-31-33-26(34)18-8-11-35(12-9-18)25-20(15-29)5-3-7-22(25)24-16-30-27-32-23(10-13-36(24)27)19-4-2-6-21(28)14-19/h2-7,10,13-14,16-18H,8-9,11-12H2,1H3. The van der Waals surface area contributed by atoms with E-state index in [0.29, 0.717) is 22.3 Å². The van der Waals surface area contributed by atoms with Crippen LogP contribution in [0.3, 0.4) is 0 Å². The molecule has 1 fully saturated rings. The average molecular weight is 495 g/mol. The van der Waals surface area contributed by atoms with Crippen LogP contribution < -0.4 is 4.90 Å². The minimum absolute atomic E-state index is 0.358. The van der Waals surface area contributed by atoms with E-state index in [1.54, 1.807) is 6.33 Å². The van der Waals surface area contributed by atoms with Gasteiger partial charge in [0.15, 0.2) is 0 Å². The van der Waals surface area contributed by atoms with Crippen LogP contribution in [-0.2, 0) is 7.05 Å². The van der Waals surface area contributed by atoms with Gasteiger partial charge in [-0.15, -0.1) is 10.2 Å². The van der Waals surface area contributed by atoms with Crippen molar-refractivity contribution in [3.63, 3.8) is 0 Å². The van der Waals surface area contributed by atoms with Gasteiger partial charge in [-0.2, -0.15) is 5.26 Å². The third kappa shape index (κ3) is 3.88. The van der Waals surface area contributed by atoms with Crippen LogP contribution in [0.4, 0.5) is 5.69 Å². The molecule has 0 radical (unpaired) electrons. The molecule has 0 amide bonds. The maximum Gasteiger partial charge on any atom is 0.234 e. The van der Waals surface area contributed by atoms with Crippen LogP contribution in [0.15, 0.2) is 67.3 Å². The molecule has 1 saturated heterocycles. The van der Waals surface area contributed by atoms with E-state index in [1.165, 1.54) is 0 Å². The number of para-hydroxylation sites is 1. The van der Waals surface area contributed by atoms with Gasteiger partial charge in [0.2, 0.25) is 5.78 Å². The van der Waals surface area contributed by atoms with E-state index in [9.17, 15) is 5.26 Å². The van der Waals surface area contributed by atoms with E-state index in [0.717, 1.165) is 60.0 Å². The fourth-order valence-electron chi connectivity index (χ4n) is 5.08. The smallest absolute Gasteiger partial charge is 0.234 e. The Hall–Kier alpha value is -4.22. The average Bonchev–Trinajstić information content (AvgIpc) is 3.54. The Bertz CT molecular complexity index is 1600. The van der Waals surface area contributed by atoms with E-state index in [2.05, 4.69) is 32.2 Å². The van der Waals surface area contributed by atoms with Crippen molar-refractivity contribution in [3.8, 4) is 28.6 Å². The summed E-state index contributed by atoms with van der Waals surface area (Å²) in [6.45, 7) is 1.66. The molecule has 0 N–H and O–H groups in total. The predicted molar refractivity (Wildman–Crippen MR) is 139 cm³/mol. The molecule has 178 valence electrons. The van der Waals surface area contributed by atoms with Crippen LogP contribution >= 0.6 is 11.6 Å². The van der Waals surface area contributed by atoms with Crippen LogP contribution in [0.25, 0.3) is 28.3 Å². The van der Waals surface area contributed by atoms with Crippen molar-refractivity contribution in [3.05, 3.63) is 83.7 Å². The van der Waals surface area contributed by atoms with Gasteiger partial charge in [0.25, 0.3) is 0 Å². The fourth-order valence-corrected chi connectivity index (χ4v) is 5.27. The number of imidazole rings is 1. The number of benzene rings is 2. The highest BCUT2D eigenvalue weighted by Crippen LogP contribution is 2.38. The van der Waals surface area contributed by atoms with Crippen molar-refractivity contribution < 1.29 is 0 Å². The van der Waals surface area contributed by atoms with Gasteiger partial charge < -0.3 is 9.47 Å². The van der Waals surface area contributed by atoms with Crippen LogP contribution in [-0.4, -0.2) is 42.2 Å². The number of aromatic nitrogens is 6. The molecular weight excluding hydrogens is 472 g/mol.